The average molecular weight is 397 g/mol. The second-order valence-corrected chi connectivity index (χ2v) is 6.48. The second kappa shape index (κ2) is 9.64. The monoisotopic (exact) mass is 397 g/mol. The van der Waals surface area contributed by atoms with Crippen LogP contribution in [-0.2, 0) is 17.9 Å². The summed E-state index contributed by atoms with van der Waals surface area (Å²) in [7, 11) is 1.67. The van der Waals surface area contributed by atoms with E-state index in [4.69, 9.17) is 0 Å². The third-order valence-corrected chi connectivity index (χ3v) is 4.21. The zero-order valence-corrected chi connectivity index (χ0v) is 15.9. The Morgan fingerprint density at radius 1 is 1.14 bits per heavy atom. The molecule has 5 nitrogen and oxygen atoms in total. The molecule has 0 spiro atoms. The van der Waals surface area contributed by atoms with Crippen molar-refractivity contribution in [3.05, 3.63) is 89.8 Å². The lowest BCUT2D eigenvalue weighted by atomic mass is 10.2. The van der Waals surface area contributed by atoms with Gasteiger partial charge in [0.25, 0.3) is 0 Å². The molecule has 29 heavy (non-hydrogen) atoms. The number of rotatable bonds is 8. The molecule has 1 heterocycles. The Labute approximate surface area is 167 Å². The first-order chi connectivity index (χ1) is 14.0. The Balaban J connectivity index is 1.59. The molecule has 2 aromatic carbocycles. The first kappa shape index (κ1) is 20.3. The van der Waals surface area contributed by atoms with Crippen LogP contribution >= 0.6 is 0 Å². The van der Waals surface area contributed by atoms with Crippen molar-refractivity contribution < 1.29 is 18.3 Å². The lowest BCUT2D eigenvalue weighted by molar-refractivity contribution is -0.125. The Kier molecular flexibility index (Phi) is 6.73. The van der Waals surface area contributed by atoms with E-state index in [-0.39, 0.29) is 11.7 Å². The van der Waals surface area contributed by atoms with Crippen molar-refractivity contribution in [2.45, 2.75) is 19.7 Å². The van der Waals surface area contributed by atoms with Gasteiger partial charge < -0.3 is 9.64 Å². The van der Waals surface area contributed by atoms with Gasteiger partial charge in [0.15, 0.2) is 0 Å². The van der Waals surface area contributed by atoms with Crippen LogP contribution < -0.4 is 4.74 Å². The van der Waals surface area contributed by atoms with Gasteiger partial charge in [-0.1, -0.05) is 48.5 Å². The van der Waals surface area contributed by atoms with Crippen molar-refractivity contribution in [3.63, 3.8) is 0 Å². The topological polar surface area (TPSA) is 47.4 Å². The molecule has 3 rings (SSSR count). The van der Waals surface area contributed by atoms with Crippen LogP contribution in [0.2, 0.25) is 0 Å². The van der Waals surface area contributed by atoms with Gasteiger partial charge in [-0.3, -0.25) is 9.48 Å². The minimum atomic E-state index is -2.92. The number of aromatic nitrogens is 2. The zero-order valence-electron chi connectivity index (χ0n) is 15.9. The first-order valence-corrected chi connectivity index (χ1v) is 9.03. The van der Waals surface area contributed by atoms with Crippen LogP contribution in [0.1, 0.15) is 16.7 Å². The highest BCUT2D eigenvalue weighted by atomic mass is 19.3. The fourth-order valence-electron chi connectivity index (χ4n) is 2.81. The van der Waals surface area contributed by atoms with Gasteiger partial charge in [0.2, 0.25) is 5.91 Å². The maximum atomic E-state index is 12.5. The summed E-state index contributed by atoms with van der Waals surface area (Å²) in [6, 6.07) is 16.3. The van der Waals surface area contributed by atoms with E-state index in [0.29, 0.717) is 18.7 Å². The van der Waals surface area contributed by atoms with Crippen LogP contribution in [-0.4, -0.2) is 34.2 Å². The SMILES string of the molecule is CN(Cc1cnn(Cc2ccccc2)c1)C(=O)C=Cc1ccccc1OC(F)F. The van der Waals surface area contributed by atoms with E-state index in [1.54, 1.807) is 31.4 Å². The Bertz CT molecular complexity index is 971. The number of amides is 1. The molecule has 0 unspecified atom stereocenters. The molecular formula is C22H21F2N3O2. The van der Waals surface area contributed by atoms with Crippen LogP contribution in [0.25, 0.3) is 6.08 Å². The van der Waals surface area contributed by atoms with Crippen molar-refractivity contribution in [2.75, 3.05) is 7.05 Å². The van der Waals surface area contributed by atoms with E-state index in [1.165, 1.54) is 23.1 Å². The molecule has 0 N–H and O–H groups in total. The second-order valence-electron chi connectivity index (χ2n) is 6.48. The lowest BCUT2D eigenvalue weighted by Crippen LogP contribution is -2.23. The number of carbonyl (C=O) groups excluding carboxylic acids is 1. The molecule has 0 fully saturated rings. The van der Waals surface area contributed by atoms with Gasteiger partial charge in [0.1, 0.15) is 5.75 Å². The zero-order chi connectivity index (χ0) is 20.6. The molecular weight excluding hydrogens is 376 g/mol. The lowest BCUT2D eigenvalue weighted by Gasteiger charge is -2.14. The highest BCUT2D eigenvalue weighted by molar-refractivity contribution is 5.92. The van der Waals surface area contributed by atoms with Gasteiger partial charge in [-0.25, -0.2) is 0 Å². The number of likely N-dealkylation sites (N-methyl/N-ethyl adjacent to an activating group) is 1. The van der Waals surface area contributed by atoms with Gasteiger partial charge >= 0.3 is 6.61 Å². The Hall–Kier alpha value is -3.48. The molecule has 7 heteroatoms. The van der Waals surface area contributed by atoms with Crippen molar-refractivity contribution in [3.8, 4) is 5.75 Å². The van der Waals surface area contributed by atoms with Crippen molar-refractivity contribution >= 4 is 12.0 Å². The predicted molar refractivity (Wildman–Crippen MR) is 106 cm³/mol. The van der Waals surface area contributed by atoms with Gasteiger partial charge in [-0.05, 0) is 17.7 Å². The number of para-hydroxylation sites is 1. The summed E-state index contributed by atoms with van der Waals surface area (Å²) >= 11 is 0. The number of ether oxygens (including phenoxy) is 1. The van der Waals surface area contributed by atoms with Gasteiger partial charge in [-0.2, -0.15) is 13.9 Å². The maximum absolute atomic E-state index is 12.5. The normalized spacial score (nSPS) is 11.2. The standard InChI is InChI=1S/C22H21F2N3O2/c1-26(14-18-13-25-27(16-18)15-17-7-3-2-4-8-17)21(28)12-11-19-9-5-6-10-20(19)29-22(23)24/h2-13,16,22H,14-15H2,1H3. The molecule has 0 aliphatic rings. The van der Waals surface area contributed by atoms with Crippen LogP contribution in [0.5, 0.6) is 5.75 Å². The highest BCUT2D eigenvalue weighted by Gasteiger charge is 2.10. The number of carbonyl (C=O) groups is 1. The van der Waals surface area contributed by atoms with Gasteiger partial charge in [-0.15, -0.1) is 0 Å². The van der Waals surface area contributed by atoms with E-state index in [9.17, 15) is 13.6 Å². The predicted octanol–water partition coefficient (Wildman–Crippen LogP) is 4.20. The van der Waals surface area contributed by atoms with E-state index in [0.717, 1.165) is 11.1 Å². The summed E-state index contributed by atoms with van der Waals surface area (Å²) in [5.74, 6) is -0.232. The first-order valence-electron chi connectivity index (χ1n) is 9.03. The number of halogens is 2. The fraction of sp³-hybridized carbons (Fsp3) is 0.182. The van der Waals surface area contributed by atoms with Gasteiger partial charge in [0, 0.05) is 37.0 Å². The van der Waals surface area contributed by atoms with Crippen LogP contribution in [0.3, 0.4) is 0 Å². The molecule has 0 saturated carbocycles. The summed E-state index contributed by atoms with van der Waals surface area (Å²) in [6.07, 6.45) is 6.42. The third kappa shape index (κ3) is 6.00. The minimum Gasteiger partial charge on any atom is -0.434 e. The number of hydrogen-bond acceptors (Lipinski definition) is 3. The van der Waals surface area contributed by atoms with Gasteiger partial charge in [0.05, 0.1) is 12.7 Å². The van der Waals surface area contributed by atoms with Crippen LogP contribution in [0, 0.1) is 0 Å². The Morgan fingerprint density at radius 3 is 2.62 bits per heavy atom. The van der Waals surface area contributed by atoms with Crippen molar-refractivity contribution in [2.24, 2.45) is 0 Å². The quantitative estimate of drug-likeness (QED) is 0.535. The molecule has 0 bridgehead atoms. The van der Waals surface area contributed by atoms with E-state index in [1.807, 2.05) is 41.2 Å². The smallest absolute Gasteiger partial charge is 0.387 e. The summed E-state index contributed by atoms with van der Waals surface area (Å²) < 4.78 is 31.2. The molecule has 0 atom stereocenters. The largest absolute Gasteiger partial charge is 0.434 e. The van der Waals surface area contributed by atoms with E-state index in [2.05, 4.69) is 9.84 Å². The number of hydrogen-bond donors (Lipinski definition) is 0. The minimum absolute atomic E-state index is 0.0244. The third-order valence-electron chi connectivity index (χ3n) is 4.21. The Morgan fingerprint density at radius 2 is 1.86 bits per heavy atom. The number of alkyl halides is 2. The molecule has 3 aromatic rings. The highest BCUT2D eigenvalue weighted by Crippen LogP contribution is 2.21. The molecule has 0 aliphatic heterocycles. The van der Waals surface area contributed by atoms with Crippen molar-refractivity contribution in [1.29, 1.82) is 0 Å². The summed E-state index contributed by atoms with van der Waals surface area (Å²) in [5.41, 5.74) is 2.44. The van der Waals surface area contributed by atoms with Crippen LogP contribution in [0.4, 0.5) is 8.78 Å². The summed E-state index contributed by atoms with van der Waals surface area (Å²) in [4.78, 5) is 13.9. The van der Waals surface area contributed by atoms with Crippen molar-refractivity contribution in [1.82, 2.24) is 14.7 Å². The van der Waals surface area contributed by atoms with E-state index >= 15 is 0 Å². The maximum Gasteiger partial charge on any atom is 0.387 e. The summed E-state index contributed by atoms with van der Waals surface area (Å²) in [6.45, 7) is -1.89. The van der Waals surface area contributed by atoms with Crippen LogP contribution in [0.15, 0.2) is 73.1 Å². The fourth-order valence-corrected chi connectivity index (χ4v) is 2.81. The number of nitrogens with zero attached hydrogens (tertiary/aromatic N) is 3. The molecule has 0 aliphatic carbocycles. The molecule has 150 valence electrons. The number of benzene rings is 2. The molecule has 1 aromatic heterocycles. The molecule has 0 saturated heterocycles. The van der Waals surface area contributed by atoms with E-state index < -0.39 is 6.61 Å². The summed E-state index contributed by atoms with van der Waals surface area (Å²) in [5, 5.41) is 4.33. The average Bonchev–Trinajstić information content (AvgIpc) is 3.14. The molecule has 0 radical (unpaired) electrons. The molecule has 1 amide bonds.